The molecule has 6 heteroatoms. The lowest BCUT2D eigenvalue weighted by molar-refractivity contribution is -0.116. The van der Waals surface area contributed by atoms with Crippen LogP contribution >= 0.6 is 0 Å². The standard InChI is InChI=1S/C16H18N4O2/c21-15(11-12-5-2-8-17-12)19-13-4-1-6-14(10-13)22-16-7-3-9-18-20-16/h1,3-4,6-7,9-10,12,17H,2,5,8,11H2,(H,19,21). The first-order valence-electron chi connectivity index (χ1n) is 7.38. The molecule has 0 spiro atoms. The second kappa shape index (κ2) is 7.00. The van der Waals surface area contributed by atoms with E-state index in [1.165, 1.54) is 0 Å². The predicted molar refractivity (Wildman–Crippen MR) is 82.8 cm³/mol. The molecule has 1 aromatic carbocycles. The Morgan fingerprint density at radius 2 is 2.32 bits per heavy atom. The molecule has 2 aromatic rings. The molecule has 1 fully saturated rings. The van der Waals surface area contributed by atoms with Gasteiger partial charge in [0.15, 0.2) is 0 Å². The SMILES string of the molecule is O=C(CC1CCCN1)Nc1cccc(Oc2cccnn2)c1. The zero-order valence-electron chi connectivity index (χ0n) is 12.2. The molecule has 6 nitrogen and oxygen atoms in total. The molecule has 1 aromatic heterocycles. The van der Waals surface area contributed by atoms with Crippen LogP contribution in [0.1, 0.15) is 19.3 Å². The van der Waals surface area contributed by atoms with Gasteiger partial charge in [-0.2, -0.15) is 5.10 Å². The van der Waals surface area contributed by atoms with Gasteiger partial charge in [-0.05, 0) is 37.6 Å². The van der Waals surface area contributed by atoms with Gasteiger partial charge >= 0.3 is 0 Å². The molecule has 0 aliphatic carbocycles. The molecule has 3 rings (SSSR count). The van der Waals surface area contributed by atoms with E-state index in [-0.39, 0.29) is 5.91 Å². The highest BCUT2D eigenvalue weighted by molar-refractivity contribution is 5.91. The molecule has 1 saturated heterocycles. The van der Waals surface area contributed by atoms with E-state index >= 15 is 0 Å². The zero-order valence-corrected chi connectivity index (χ0v) is 12.2. The number of carbonyl (C=O) groups excluding carboxylic acids is 1. The normalized spacial score (nSPS) is 17.2. The van der Waals surface area contributed by atoms with Gasteiger partial charge in [0.2, 0.25) is 11.8 Å². The molecule has 1 aliphatic rings. The van der Waals surface area contributed by atoms with Crippen molar-refractivity contribution in [3.63, 3.8) is 0 Å². The summed E-state index contributed by atoms with van der Waals surface area (Å²) in [6, 6.07) is 11.0. The molecule has 2 N–H and O–H groups in total. The van der Waals surface area contributed by atoms with Gasteiger partial charge in [0.25, 0.3) is 0 Å². The maximum atomic E-state index is 12.0. The number of hydrogen-bond acceptors (Lipinski definition) is 5. The van der Waals surface area contributed by atoms with Gasteiger partial charge in [-0.25, -0.2) is 0 Å². The number of amides is 1. The van der Waals surface area contributed by atoms with E-state index in [0.29, 0.717) is 29.8 Å². The number of nitrogens with one attached hydrogen (secondary N) is 2. The third kappa shape index (κ3) is 4.02. The lowest BCUT2D eigenvalue weighted by Gasteiger charge is -2.11. The summed E-state index contributed by atoms with van der Waals surface area (Å²) in [7, 11) is 0. The van der Waals surface area contributed by atoms with E-state index in [0.717, 1.165) is 19.4 Å². The topological polar surface area (TPSA) is 76.1 Å². The summed E-state index contributed by atoms with van der Waals surface area (Å²) < 4.78 is 5.60. The van der Waals surface area contributed by atoms with Crippen LogP contribution in [0.3, 0.4) is 0 Å². The van der Waals surface area contributed by atoms with Crippen LogP contribution in [0.4, 0.5) is 5.69 Å². The molecule has 0 saturated carbocycles. The van der Waals surface area contributed by atoms with E-state index in [9.17, 15) is 4.79 Å². The minimum absolute atomic E-state index is 0.0102. The fourth-order valence-corrected chi connectivity index (χ4v) is 2.47. The molecular weight excluding hydrogens is 280 g/mol. The molecular formula is C16H18N4O2. The van der Waals surface area contributed by atoms with Crippen LogP contribution < -0.4 is 15.4 Å². The average Bonchev–Trinajstić information content (AvgIpc) is 3.01. The summed E-state index contributed by atoms with van der Waals surface area (Å²) in [5.74, 6) is 1.04. The fourth-order valence-electron chi connectivity index (χ4n) is 2.47. The predicted octanol–water partition coefficient (Wildman–Crippen LogP) is 2.35. The van der Waals surface area contributed by atoms with Crippen molar-refractivity contribution in [1.29, 1.82) is 0 Å². The average molecular weight is 298 g/mol. The van der Waals surface area contributed by atoms with Gasteiger partial charge in [0.1, 0.15) is 5.75 Å². The van der Waals surface area contributed by atoms with Crippen molar-refractivity contribution < 1.29 is 9.53 Å². The molecule has 22 heavy (non-hydrogen) atoms. The second-order valence-electron chi connectivity index (χ2n) is 5.24. The molecule has 1 aliphatic heterocycles. The Hall–Kier alpha value is -2.47. The summed E-state index contributed by atoms with van der Waals surface area (Å²) in [6.07, 6.45) is 4.28. The van der Waals surface area contributed by atoms with Crippen LogP contribution in [0.25, 0.3) is 0 Å². The maximum absolute atomic E-state index is 12.0. The number of aromatic nitrogens is 2. The minimum Gasteiger partial charge on any atom is -0.437 e. The number of ether oxygens (including phenoxy) is 1. The maximum Gasteiger partial charge on any atom is 0.238 e. The Morgan fingerprint density at radius 3 is 3.09 bits per heavy atom. The fraction of sp³-hybridized carbons (Fsp3) is 0.312. The number of hydrogen-bond donors (Lipinski definition) is 2. The lowest BCUT2D eigenvalue weighted by Crippen LogP contribution is -2.27. The molecule has 0 bridgehead atoms. The highest BCUT2D eigenvalue weighted by atomic mass is 16.5. The first-order valence-corrected chi connectivity index (χ1v) is 7.38. The van der Waals surface area contributed by atoms with Crippen molar-refractivity contribution in [2.75, 3.05) is 11.9 Å². The highest BCUT2D eigenvalue weighted by Crippen LogP contribution is 2.22. The summed E-state index contributed by atoms with van der Waals surface area (Å²) in [5.41, 5.74) is 0.712. The first-order chi connectivity index (χ1) is 10.8. The van der Waals surface area contributed by atoms with Gasteiger partial charge in [0, 0.05) is 36.5 Å². The minimum atomic E-state index is 0.0102. The van der Waals surface area contributed by atoms with Crippen molar-refractivity contribution in [3.8, 4) is 11.6 Å². The second-order valence-corrected chi connectivity index (χ2v) is 5.24. The van der Waals surface area contributed by atoms with E-state index in [2.05, 4.69) is 20.8 Å². The molecule has 114 valence electrons. The van der Waals surface area contributed by atoms with E-state index in [1.54, 1.807) is 24.4 Å². The monoisotopic (exact) mass is 298 g/mol. The molecule has 1 atom stereocenters. The van der Waals surface area contributed by atoms with Crippen molar-refractivity contribution in [2.24, 2.45) is 0 Å². The Morgan fingerprint density at radius 1 is 1.36 bits per heavy atom. The van der Waals surface area contributed by atoms with E-state index in [1.807, 2.05) is 18.2 Å². The van der Waals surface area contributed by atoms with Crippen LogP contribution in [0, 0.1) is 0 Å². The van der Waals surface area contributed by atoms with Gasteiger partial charge < -0.3 is 15.4 Å². The van der Waals surface area contributed by atoms with Gasteiger partial charge in [-0.1, -0.05) is 6.07 Å². The van der Waals surface area contributed by atoms with Crippen LogP contribution in [0.2, 0.25) is 0 Å². The number of benzene rings is 1. The van der Waals surface area contributed by atoms with Gasteiger partial charge in [-0.3, -0.25) is 4.79 Å². The van der Waals surface area contributed by atoms with Gasteiger partial charge in [-0.15, -0.1) is 5.10 Å². The van der Waals surface area contributed by atoms with Crippen LogP contribution in [-0.4, -0.2) is 28.7 Å². The third-order valence-electron chi connectivity index (χ3n) is 3.48. The van der Waals surface area contributed by atoms with Crippen LogP contribution in [-0.2, 0) is 4.79 Å². The third-order valence-corrected chi connectivity index (χ3v) is 3.48. The van der Waals surface area contributed by atoms with Crippen LogP contribution in [0.15, 0.2) is 42.6 Å². The van der Waals surface area contributed by atoms with Crippen molar-refractivity contribution in [2.45, 2.75) is 25.3 Å². The van der Waals surface area contributed by atoms with E-state index < -0.39 is 0 Å². The van der Waals surface area contributed by atoms with Gasteiger partial charge in [0.05, 0.1) is 0 Å². The number of carbonyl (C=O) groups is 1. The number of rotatable bonds is 5. The quantitative estimate of drug-likeness (QED) is 0.886. The molecule has 0 radical (unpaired) electrons. The Labute approximate surface area is 128 Å². The lowest BCUT2D eigenvalue weighted by atomic mass is 10.1. The first kappa shape index (κ1) is 14.5. The number of anilines is 1. The Balaban J connectivity index is 1.59. The smallest absolute Gasteiger partial charge is 0.238 e. The van der Waals surface area contributed by atoms with Crippen molar-refractivity contribution in [1.82, 2.24) is 15.5 Å². The van der Waals surface area contributed by atoms with E-state index in [4.69, 9.17) is 4.74 Å². The Kier molecular flexibility index (Phi) is 4.60. The summed E-state index contributed by atoms with van der Waals surface area (Å²) in [6.45, 7) is 0.999. The molecule has 2 heterocycles. The summed E-state index contributed by atoms with van der Waals surface area (Å²) in [5, 5.41) is 13.8. The molecule has 1 amide bonds. The summed E-state index contributed by atoms with van der Waals surface area (Å²) in [4.78, 5) is 12.0. The largest absolute Gasteiger partial charge is 0.437 e. The van der Waals surface area contributed by atoms with Crippen molar-refractivity contribution >= 4 is 11.6 Å². The number of nitrogens with zero attached hydrogens (tertiary/aromatic N) is 2. The van der Waals surface area contributed by atoms with Crippen LogP contribution in [0.5, 0.6) is 11.6 Å². The highest BCUT2D eigenvalue weighted by Gasteiger charge is 2.17. The van der Waals surface area contributed by atoms with Crippen molar-refractivity contribution in [3.05, 3.63) is 42.6 Å². The zero-order chi connectivity index (χ0) is 15.2. The molecule has 1 unspecified atom stereocenters. The summed E-state index contributed by atoms with van der Waals surface area (Å²) >= 11 is 0. The Bertz CT molecular complexity index is 627.